The van der Waals surface area contributed by atoms with Crippen molar-refractivity contribution in [3.05, 3.63) is 33.0 Å². The molecule has 0 spiro atoms. The van der Waals surface area contributed by atoms with Gasteiger partial charge < -0.3 is 10.1 Å². The van der Waals surface area contributed by atoms with E-state index < -0.39 is 0 Å². The van der Waals surface area contributed by atoms with Crippen molar-refractivity contribution in [2.75, 3.05) is 13.2 Å². The largest absolute Gasteiger partial charge is 0.373 e. The van der Waals surface area contributed by atoms with Crippen LogP contribution in [0.15, 0.2) is 5.38 Å². The maximum Gasteiger partial charge on any atom is 0.0959 e. The Bertz CT molecular complexity index is 719. The van der Waals surface area contributed by atoms with Crippen LogP contribution in [-0.4, -0.2) is 27.9 Å². The van der Waals surface area contributed by atoms with E-state index in [0.717, 1.165) is 37.7 Å². The predicted molar refractivity (Wildman–Crippen MR) is 95.3 cm³/mol. The third kappa shape index (κ3) is 3.15. The van der Waals surface area contributed by atoms with Crippen LogP contribution in [0.3, 0.4) is 0 Å². The summed E-state index contributed by atoms with van der Waals surface area (Å²) in [5.41, 5.74) is 4.79. The van der Waals surface area contributed by atoms with Crippen molar-refractivity contribution in [2.45, 2.75) is 51.7 Å². The standard InChI is InChI=1S/C18H26N4OS/c1-11-16(12(2)22(3)21-11)17-14(6-7-23-17)8-19-9-15-10-24-18(20-15)13-4-5-13/h10,13-14,17,19H,4-9H2,1-3H3/t14-,17-/m1/s1. The minimum Gasteiger partial charge on any atom is -0.373 e. The first-order valence-electron chi connectivity index (χ1n) is 8.90. The van der Waals surface area contributed by atoms with E-state index in [2.05, 4.69) is 29.6 Å². The molecule has 1 saturated carbocycles. The molecule has 1 aliphatic carbocycles. The molecular formula is C18H26N4OS. The summed E-state index contributed by atoms with van der Waals surface area (Å²) < 4.78 is 8.03. The molecule has 2 aromatic rings. The highest BCUT2D eigenvalue weighted by atomic mass is 32.1. The van der Waals surface area contributed by atoms with Gasteiger partial charge in [-0.05, 0) is 33.1 Å². The quantitative estimate of drug-likeness (QED) is 0.872. The van der Waals surface area contributed by atoms with E-state index in [-0.39, 0.29) is 6.10 Å². The third-order valence-corrected chi connectivity index (χ3v) is 6.33. The van der Waals surface area contributed by atoms with Gasteiger partial charge in [-0.15, -0.1) is 11.3 Å². The smallest absolute Gasteiger partial charge is 0.0959 e. The van der Waals surface area contributed by atoms with Crippen molar-refractivity contribution in [3.63, 3.8) is 0 Å². The molecule has 2 aliphatic rings. The number of nitrogens with one attached hydrogen (secondary N) is 1. The van der Waals surface area contributed by atoms with Crippen LogP contribution in [0.5, 0.6) is 0 Å². The van der Waals surface area contributed by atoms with Gasteiger partial charge in [0.15, 0.2) is 0 Å². The Morgan fingerprint density at radius 3 is 2.88 bits per heavy atom. The molecule has 5 nitrogen and oxygen atoms in total. The highest BCUT2D eigenvalue weighted by Gasteiger charge is 2.33. The summed E-state index contributed by atoms with van der Waals surface area (Å²) in [5.74, 6) is 1.26. The van der Waals surface area contributed by atoms with E-state index >= 15 is 0 Å². The van der Waals surface area contributed by atoms with Crippen LogP contribution in [0.1, 0.15) is 58.9 Å². The third-order valence-electron chi connectivity index (χ3n) is 5.27. The zero-order valence-electron chi connectivity index (χ0n) is 14.7. The molecule has 0 bridgehead atoms. The molecule has 3 heterocycles. The summed E-state index contributed by atoms with van der Waals surface area (Å²) in [4.78, 5) is 4.76. The molecule has 2 aromatic heterocycles. The zero-order chi connectivity index (χ0) is 16.7. The van der Waals surface area contributed by atoms with Gasteiger partial charge in [0, 0.05) is 55.2 Å². The average molecular weight is 347 g/mol. The monoisotopic (exact) mass is 346 g/mol. The van der Waals surface area contributed by atoms with Crippen LogP contribution in [0.2, 0.25) is 0 Å². The van der Waals surface area contributed by atoms with Crippen LogP contribution >= 0.6 is 11.3 Å². The molecule has 1 saturated heterocycles. The molecule has 0 unspecified atom stereocenters. The fourth-order valence-corrected chi connectivity index (χ4v) is 4.66. The van der Waals surface area contributed by atoms with Crippen LogP contribution in [-0.2, 0) is 18.3 Å². The predicted octanol–water partition coefficient (Wildman–Crippen LogP) is 3.24. The number of hydrogen-bond acceptors (Lipinski definition) is 5. The second kappa shape index (κ2) is 6.58. The summed E-state index contributed by atoms with van der Waals surface area (Å²) in [7, 11) is 2.01. The Hall–Kier alpha value is -1.24. The molecule has 24 heavy (non-hydrogen) atoms. The maximum absolute atomic E-state index is 6.07. The summed E-state index contributed by atoms with van der Waals surface area (Å²) in [6.45, 7) is 6.89. The van der Waals surface area contributed by atoms with Crippen molar-refractivity contribution < 1.29 is 4.74 Å². The first kappa shape index (κ1) is 16.2. The number of ether oxygens (including phenoxy) is 1. The lowest BCUT2D eigenvalue weighted by molar-refractivity contribution is 0.0893. The van der Waals surface area contributed by atoms with Gasteiger partial charge in [-0.2, -0.15) is 5.10 Å². The van der Waals surface area contributed by atoms with Crippen LogP contribution in [0.25, 0.3) is 0 Å². The van der Waals surface area contributed by atoms with Crippen molar-refractivity contribution in [1.82, 2.24) is 20.1 Å². The fourth-order valence-electron chi connectivity index (χ4n) is 3.67. The van der Waals surface area contributed by atoms with Gasteiger partial charge in [0.1, 0.15) is 0 Å². The van der Waals surface area contributed by atoms with E-state index in [1.807, 2.05) is 23.1 Å². The lowest BCUT2D eigenvalue weighted by atomic mass is 9.94. The average Bonchev–Trinajstić information content (AvgIpc) is 3.03. The van der Waals surface area contributed by atoms with E-state index in [1.54, 1.807) is 0 Å². The summed E-state index contributed by atoms with van der Waals surface area (Å²) in [6.07, 6.45) is 3.93. The zero-order valence-corrected chi connectivity index (χ0v) is 15.5. The number of thiazole rings is 1. The van der Waals surface area contributed by atoms with E-state index in [0.29, 0.717) is 5.92 Å². The molecule has 2 atom stereocenters. The van der Waals surface area contributed by atoms with Gasteiger partial charge in [-0.1, -0.05) is 0 Å². The van der Waals surface area contributed by atoms with Crippen LogP contribution in [0, 0.1) is 19.8 Å². The van der Waals surface area contributed by atoms with E-state index in [9.17, 15) is 0 Å². The lowest BCUT2D eigenvalue weighted by Crippen LogP contribution is -2.25. The van der Waals surface area contributed by atoms with Crippen molar-refractivity contribution in [1.29, 1.82) is 0 Å². The minimum atomic E-state index is 0.170. The molecule has 130 valence electrons. The molecule has 6 heteroatoms. The number of nitrogens with zero attached hydrogens (tertiary/aromatic N) is 3. The van der Waals surface area contributed by atoms with Crippen LogP contribution < -0.4 is 5.32 Å². The number of hydrogen-bond donors (Lipinski definition) is 1. The molecular weight excluding hydrogens is 320 g/mol. The number of aromatic nitrogens is 3. The molecule has 1 aliphatic heterocycles. The summed E-state index contributed by atoms with van der Waals surface area (Å²) in [6, 6.07) is 0. The van der Waals surface area contributed by atoms with Gasteiger partial charge >= 0.3 is 0 Å². The first-order valence-corrected chi connectivity index (χ1v) is 9.78. The molecule has 1 N–H and O–H groups in total. The maximum atomic E-state index is 6.07. The van der Waals surface area contributed by atoms with Crippen LogP contribution in [0.4, 0.5) is 0 Å². The first-order chi connectivity index (χ1) is 11.6. The highest BCUT2D eigenvalue weighted by Crippen LogP contribution is 2.41. The Kier molecular flexibility index (Phi) is 4.45. The normalized spacial score (nSPS) is 24.0. The Morgan fingerprint density at radius 1 is 1.33 bits per heavy atom. The number of rotatable bonds is 6. The van der Waals surface area contributed by atoms with Crippen molar-refractivity contribution in [2.24, 2.45) is 13.0 Å². The lowest BCUT2D eigenvalue weighted by Gasteiger charge is -2.19. The Balaban J connectivity index is 1.36. The van der Waals surface area contributed by atoms with Gasteiger partial charge in [0.2, 0.25) is 0 Å². The van der Waals surface area contributed by atoms with Crippen molar-refractivity contribution >= 4 is 11.3 Å². The Labute approximate surface area is 147 Å². The number of aryl methyl sites for hydroxylation is 2. The fraction of sp³-hybridized carbons (Fsp3) is 0.667. The van der Waals surface area contributed by atoms with Gasteiger partial charge in [0.25, 0.3) is 0 Å². The second-order valence-electron chi connectivity index (χ2n) is 7.13. The summed E-state index contributed by atoms with van der Waals surface area (Å²) in [5, 5.41) is 11.7. The highest BCUT2D eigenvalue weighted by molar-refractivity contribution is 7.09. The molecule has 0 aromatic carbocycles. The topological polar surface area (TPSA) is 52.0 Å². The Morgan fingerprint density at radius 2 is 2.17 bits per heavy atom. The second-order valence-corrected chi connectivity index (χ2v) is 8.02. The van der Waals surface area contributed by atoms with Gasteiger partial charge in [-0.3, -0.25) is 4.68 Å². The minimum absolute atomic E-state index is 0.170. The van der Waals surface area contributed by atoms with Gasteiger partial charge in [0.05, 0.1) is 22.5 Å². The summed E-state index contributed by atoms with van der Waals surface area (Å²) >= 11 is 1.82. The van der Waals surface area contributed by atoms with E-state index in [1.165, 1.54) is 34.8 Å². The van der Waals surface area contributed by atoms with Crippen molar-refractivity contribution in [3.8, 4) is 0 Å². The van der Waals surface area contributed by atoms with E-state index in [4.69, 9.17) is 9.72 Å². The molecule has 4 rings (SSSR count). The SMILES string of the molecule is Cc1nn(C)c(C)c1[C@@H]1OCC[C@@H]1CNCc1csc(C2CC2)n1. The molecule has 0 radical (unpaired) electrons. The molecule has 0 amide bonds. The van der Waals surface area contributed by atoms with Gasteiger partial charge in [-0.25, -0.2) is 4.98 Å². The molecule has 2 fully saturated rings.